The molecule has 10 nitrogen and oxygen atoms in total. The number of rotatable bonds is 4. The van der Waals surface area contributed by atoms with Gasteiger partial charge in [-0.15, -0.1) is 0 Å². The van der Waals surface area contributed by atoms with Gasteiger partial charge in [0, 0.05) is 17.7 Å². The van der Waals surface area contributed by atoms with Gasteiger partial charge in [0.15, 0.2) is 5.79 Å². The molecular formula is C22H28FN9O. The Labute approximate surface area is 190 Å². The third-order valence-corrected chi connectivity index (χ3v) is 6.37. The van der Waals surface area contributed by atoms with E-state index in [1.54, 1.807) is 23.2 Å². The Balaban J connectivity index is 1.73. The second kappa shape index (κ2) is 7.20. The first-order valence-electron chi connectivity index (χ1n) is 10.9. The Bertz CT molecular complexity index is 1230. The zero-order valence-corrected chi connectivity index (χ0v) is 18.8. The molecule has 1 aliphatic heterocycles. The van der Waals surface area contributed by atoms with Crippen LogP contribution in [0.3, 0.4) is 0 Å². The molecule has 3 heterocycles. The van der Waals surface area contributed by atoms with Gasteiger partial charge in [-0.05, 0) is 25.0 Å². The molecule has 0 spiro atoms. The first-order chi connectivity index (χ1) is 15.6. The quantitative estimate of drug-likeness (QED) is 0.478. The smallest absolute Gasteiger partial charge is 0.315 e. The molecule has 174 valence electrons. The van der Waals surface area contributed by atoms with E-state index in [0.29, 0.717) is 22.9 Å². The predicted octanol–water partition coefficient (Wildman–Crippen LogP) is 2.64. The van der Waals surface area contributed by atoms with E-state index in [0.717, 1.165) is 24.2 Å². The van der Waals surface area contributed by atoms with Crippen molar-refractivity contribution in [1.29, 1.82) is 0 Å². The number of nitrogens with one attached hydrogen (secondary N) is 2. The van der Waals surface area contributed by atoms with Crippen molar-refractivity contribution < 1.29 is 9.18 Å². The van der Waals surface area contributed by atoms with Crippen LogP contribution < -0.4 is 32.1 Å². The summed E-state index contributed by atoms with van der Waals surface area (Å²) in [5, 5.41) is 5.25. The summed E-state index contributed by atoms with van der Waals surface area (Å²) in [5.41, 5.74) is 16.5. The average molecular weight is 454 g/mol. The van der Waals surface area contributed by atoms with Crippen LogP contribution >= 0.6 is 0 Å². The number of para-hydroxylation sites is 1. The Morgan fingerprint density at radius 2 is 1.97 bits per heavy atom. The molecule has 0 radical (unpaired) electrons. The van der Waals surface area contributed by atoms with Crippen LogP contribution in [0.2, 0.25) is 0 Å². The van der Waals surface area contributed by atoms with Crippen molar-refractivity contribution >= 4 is 34.3 Å². The summed E-state index contributed by atoms with van der Waals surface area (Å²) < 4.78 is 16.9. The van der Waals surface area contributed by atoms with E-state index in [1.165, 1.54) is 12.4 Å². The van der Waals surface area contributed by atoms with E-state index in [9.17, 15) is 9.18 Å². The highest BCUT2D eigenvalue weighted by Gasteiger charge is 2.55. The molecule has 0 bridgehead atoms. The van der Waals surface area contributed by atoms with Gasteiger partial charge in [0.25, 0.3) is 0 Å². The van der Waals surface area contributed by atoms with Crippen LogP contribution in [-0.2, 0) is 0 Å². The molecule has 1 saturated heterocycles. The number of halogens is 1. The molecule has 1 unspecified atom stereocenters. The van der Waals surface area contributed by atoms with Crippen LogP contribution in [0.1, 0.15) is 39.7 Å². The molecule has 6 N–H and O–H groups in total. The van der Waals surface area contributed by atoms with Crippen molar-refractivity contribution in [3.63, 3.8) is 0 Å². The number of hydrogen-bond acceptors (Lipinski definition) is 7. The maximum atomic E-state index is 14.8. The van der Waals surface area contributed by atoms with E-state index in [2.05, 4.69) is 25.3 Å². The van der Waals surface area contributed by atoms with Crippen molar-refractivity contribution in [3.8, 4) is 0 Å². The van der Waals surface area contributed by atoms with Crippen LogP contribution in [0.5, 0.6) is 0 Å². The van der Waals surface area contributed by atoms with Gasteiger partial charge in [0.1, 0.15) is 30.3 Å². The van der Waals surface area contributed by atoms with E-state index in [4.69, 9.17) is 11.5 Å². The molecule has 33 heavy (non-hydrogen) atoms. The summed E-state index contributed by atoms with van der Waals surface area (Å²) in [7, 11) is 0. The van der Waals surface area contributed by atoms with Crippen molar-refractivity contribution in [2.45, 2.75) is 45.4 Å². The number of hydrazine groups is 1. The van der Waals surface area contributed by atoms with Gasteiger partial charge in [-0.2, -0.15) is 5.43 Å². The fourth-order valence-corrected chi connectivity index (χ4v) is 4.56. The summed E-state index contributed by atoms with van der Waals surface area (Å²) in [6, 6.07) is 6.08. The summed E-state index contributed by atoms with van der Waals surface area (Å²) in [4.78, 5) is 22.9. The topological polar surface area (TPSA) is 130 Å². The number of fused-ring (bicyclic) bond motifs is 1. The molecule has 11 heteroatoms. The second-order valence-corrected chi connectivity index (χ2v) is 9.62. The maximum Gasteiger partial charge on any atom is 0.315 e. The number of carbonyl (C=O) groups excluding carboxylic acids is 1. The molecule has 1 aromatic carbocycles. The lowest BCUT2D eigenvalue weighted by Gasteiger charge is -2.47. The molecular weight excluding hydrogens is 425 g/mol. The molecule has 2 aliphatic rings. The normalized spacial score (nSPS) is 21.1. The molecule has 1 aliphatic carbocycles. The number of hydrogen-bond donors (Lipinski definition) is 4. The third kappa shape index (κ3) is 3.30. The number of primary amides is 1. The lowest BCUT2D eigenvalue weighted by Crippen LogP contribution is -2.72. The summed E-state index contributed by atoms with van der Waals surface area (Å²) in [6.07, 6.45) is 5.54. The second-order valence-electron chi connectivity index (χ2n) is 9.62. The van der Waals surface area contributed by atoms with Gasteiger partial charge in [-0.3, -0.25) is 5.01 Å². The monoisotopic (exact) mass is 453 g/mol. The van der Waals surface area contributed by atoms with Crippen molar-refractivity contribution in [2.75, 3.05) is 22.3 Å². The largest absolute Gasteiger partial charge is 0.383 e. The van der Waals surface area contributed by atoms with Crippen LogP contribution in [0, 0.1) is 11.2 Å². The molecule has 1 saturated carbocycles. The zero-order chi connectivity index (χ0) is 23.5. The van der Waals surface area contributed by atoms with E-state index >= 15 is 0 Å². The number of nitrogen functional groups attached to an aromatic ring is 1. The van der Waals surface area contributed by atoms with E-state index in [-0.39, 0.29) is 6.67 Å². The van der Waals surface area contributed by atoms with Crippen LogP contribution in [0.15, 0.2) is 36.8 Å². The van der Waals surface area contributed by atoms with Gasteiger partial charge in [0.2, 0.25) is 0 Å². The number of carbonyl (C=O) groups is 1. The Kier molecular flexibility index (Phi) is 4.64. The molecule has 2 amide bonds. The summed E-state index contributed by atoms with van der Waals surface area (Å²) >= 11 is 0. The minimum atomic E-state index is -1.20. The first-order valence-corrected chi connectivity index (χ1v) is 10.9. The van der Waals surface area contributed by atoms with Crippen molar-refractivity contribution in [3.05, 3.63) is 42.6 Å². The Morgan fingerprint density at radius 3 is 2.61 bits per heavy atom. The summed E-state index contributed by atoms with van der Waals surface area (Å²) in [5.74, 6) is -1.26. The number of nitrogens with two attached hydrogens (primary N) is 2. The molecule has 1 atom stereocenters. The molecule has 3 aromatic rings. The Morgan fingerprint density at radius 1 is 1.24 bits per heavy atom. The van der Waals surface area contributed by atoms with Gasteiger partial charge in [-0.25, -0.2) is 19.2 Å². The van der Waals surface area contributed by atoms with Crippen LogP contribution in [0.4, 0.5) is 26.4 Å². The standard InChI is InChI=1S/C22H28FN9O/c1-21(2,3)22(28-20(25)33)29-32(15-7-5-4-6-14(15)23)12-31(22)16-10-30(13-8-9-13)19-17(16)18(24)26-11-27-19/h4-7,10-11,13,29H,8-9,12H2,1-3H3,(H2,24,26,27)(H3,25,28,33). The van der Waals surface area contributed by atoms with Gasteiger partial charge >= 0.3 is 6.03 Å². The lowest BCUT2D eigenvalue weighted by atomic mass is 9.85. The number of urea groups is 1. The van der Waals surface area contributed by atoms with Gasteiger partial charge < -0.3 is 26.3 Å². The number of aromatic nitrogens is 3. The Hall–Kier alpha value is -3.60. The SMILES string of the molecule is CC(C)(C)C1(NC(N)=O)NN(c2ccccc2F)CN1c1cn(C2CC2)c2ncnc(N)c12. The van der Waals surface area contributed by atoms with Crippen LogP contribution in [-0.4, -0.2) is 33.0 Å². The number of amides is 2. The maximum absolute atomic E-state index is 14.8. The fourth-order valence-electron chi connectivity index (χ4n) is 4.56. The fraction of sp³-hybridized carbons (Fsp3) is 0.409. The highest BCUT2D eigenvalue weighted by molar-refractivity contribution is 5.99. The van der Waals surface area contributed by atoms with Crippen LogP contribution in [0.25, 0.3) is 11.0 Å². The highest BCUT2D eigenvalue weighted by Crippen LogP contribution is 2.46. The number of nitrogens with zero attached hydrogens (tertiary/aromatic N) is 5. The highest BCUT2D eigenvalue weighted by atomic mass is 19.1. The minimum Gasteiger partial charge on any atom is -0.383 e. The molecule has 2 fully saturated rings. The number of anilines is 3. The zero-order valence-electron chi connectivity index (χ0n) is 18.8. The number of benzene rings is 1. The average Bonchev–Trinajstić information content (AvgIpc) is 3.39. The van der Waals surface area contributed by atoms with E-state index in [1.807, 2.05) is 31.9 Å². The third-order valence-electron chi connectivity index (χ3n) is 6.37. The molecule has 2 aromatic heterocycles. The van der Waals surface area contributed by atoms with Crippen molar-refractivity contribution in [2.24, 2.45) is 11.1 Å². The minimum absolute atomic E-state index is 0.205. The van der Waals surface area contributed by atoms with Gasteiger partial charge in [-0.1, -0.05) is 32.9 Å². The first kappa shape index (κ1) is 21.3. The molecule has 5 rings (SSSR count). The van der Waals surface area contributed by atoms with Crippen molar-refractivity contribution in [1.82, 2.24) is 25.3 Å². The predicted molar refractivity (Wildman–Crippen MR) is 124 cm³/mol. The summed E-state index contributed by atoms with van der Waals surface area (Å²) in [6.45, 7) is 6.10. The lowest BCUT2D eigenvalue weighted by molar-refractivity contribution is 0.127. The van der Waals surface area contributed by atoms with Gasteiger partial charge in [0.05, 0.1) is 16.8 Å². The van der Waals surface area contributed by atoms with E-state index < -0.39 is 23.1 Å².